The molecule has 0 heterocycles. The largest absolute Gasteiger partial charge is 0.101 e. The highest BCUT2D eigenvalue weighted by Crippen LogP contribution is 2.30. The molecule has 0 unspecified atom stereocenters. The summed E-state index contributed by atoms with van der Waals surface area (Å²) in [6, 6.07) is 40.4. The van der Waals surface area contributed by atoms with E-state index >= 15 is 0 Å². The Hall–Kier alpha value is -10.7. The van der Waals surface area contributed by atoms with Gasteiger partial charge in [0.15, 0.2) is 0 Å². The molecule has 0 aliphatic heterocycles. The third-order valence-electron chi connectivity index (χ3n) is 29.4. The van der Waals surface area contributed by atoms with Crippen molar-refractivity contribution in [3.05, 3.63) is 243 Å². The molecule has 0 saturated carbocycles. The summed E-state index contributed by atoms with van der Waals surface area (Å²) in [5.74, 6) is 85.7. The summed E-state index contributed by atoms with van der Waals surface area (Å²) >= 11 is 0. The molecule has 0 N–H and O–H groups in total. The number of aryl methyl sites for hydroxylation is 6. The minimum absolute atomic E-state index is 0.776. The molecule has 7 aromatic rings. The zero-order chi connectivity index (χ0) is 105. The molecule has 0 saturated heterocycles. The van der Waals surface area contributed by atoms with Crippen LogP contribution < -0.4 is 0 Å². The number of hydrogen-bond donors (Lipinski definition) is 0. The highest BCUT2D eigenvalue weighted by Gasteiger charge is 2.16. The second-order valence-electron chi connectivity index (χ2n) is 42.3. The van der Waals surface area contributed by atoms with Crippen LogP contribution in [0.15, 0.2) is 109 Å². The second-order valence-corrected chi connectivity index (χ2v) is 42.3. The first-order valence-corrected chi connectivity index (χ1v) is 60.8. The minimum Gasteiger partial charge on any atom is -0.101 e. The molecule has 0 fully saturated rings. The van der Waals surface area contributed by atoms with E-state index in [1.54, 1.807) is 0 Å². The molecule has 0 heteroatoms. The van der Waals surface area contributed by atoms with E-state index in [1.165, 1.54) is 431 Å². The van der Waals surface area contributed by atoms with Crippen LogP contribution >= 0.6 is 0 Å². The van der Waals surface area contributed by atoms with E-state index in [0.29, 0.717) is 0 Å². The van der Waals surface area contributed by atoms with Crippen molar-refractivity contribution in [2.75, 3.05) is 0 Å². The average Bonchev–Trinajstić information content (AvgIpc) is 0.805. The molecule has 786 valence electrons. The van der Waals surface area contributed by atoms with Gasteiger partial charge in [-0.05, 0) is 237 Å². The van der Waals surface area contributed by atoms with Gasteiger partial charge in [-0.1, -0.05) is 545 Å². The summed E-state index contributed by atoms with van der Waals surface area (Å²) in [4.78, 5) is 0. The van der Waals surface area contributed by atoms with Crippen molar-refractivity contribution in [1.82, 2.24) is 0 Å². The maximum atomic E-state index is 3.88. The van der Waals surface area contributed by atoms with Gasteiger partial charge in [-0.15, -0.1) is 35.5 Å². The third-order valence-corrected chi connectivity index (χ3v) is 29.4. The SMILES string of the molecule is CC#Cc1cc(CCCCCCCCCCCCCC)ccc1C#Cc1cc(C#CC)c(C#Cc2cc(CCCCCCCCCC)c(CCCCCCCCCC)cc2C#Cc2cc(C#Cc3ccc(CCCCCCCCCCCCCC)cc3C#CC)c(C#Cc3ccc(CCCCCCCCCCCCCC)cc3C#CC)cc2C#CC)cc1C#Cc1ccc(CCCCCCCCCCCCCC)cc1C#CC. The quantitative estimate of drug-likeness (QED) is 0.0263. The standard InChI is InChI=1S/C148H194/c1-13-25-31-37-43-49-53-57-61-65-71-77-89-125-95-99-129(133(115-125)83-19-7)103-107-143-119-137(87-23-11)141(123-145(143)109-105-131-101-97-127(117-135(131)85-21-9)91-79-73-67-63-59-55-51-45-39-33-27-15-3)111-113-147-121-139(93-81-75-69-47-41-35-29-17-5)140(94-82-76-70-48-42-36-30-18-6)122-148(147)114-112-142-124-146(110-106-132-102-98-128(118-136(132)86-22-10)92-80-74-68-64-60-56-52-46-40-34-28-16-4)144(120-138(142)88-24-12)108-104-130-100-96-126(116-134(130)84-20-8)90-78-72-66-62-58-54-50-44-38-32-26-14-2/h95-102,115-124H,13-18,25-82,89-94H2,1-12H3. The fourth-order valence-electron chi connectivity index (χ4n) is 20.4. The van der Waals surface area contributed by atoms with Crippen LogP contribution in [0, 0.1) is 142 Å². The number of unbranched alkanes of at least 4 members (excludes halogenated alkanes) is 58. The van der Waals surface area contributed by atoms with Crippen molar-refractivity contribution in [3.8, 4) is 142 Å². The maximum absolute atomic E-state index is 3.88. The second kappa shape index (κ2) is 83.0. The van der Waals surface area contributed by atoms with Crippen LogP contribution in [-0.4, -0.2) is 0 Å². The Balaban J connectivity index is 1.39. The number of hydrogen-bond acceptors (Lipinski definition) is 0. The summed E-state index contributed by atoms with van der Waals surface area (Å²) in [5.41, 5.74) is 23.4. The van der Waals surface area contributed by atoms with Gasteiger partial charge in [-0.25, -0.2) is 0 Å². The molecule has 148 heavy (non-hydrogen) atoms. The smallest absolute Gasteiger partial charge is 0.0419 e. The lowest BCUT2D eigenvalue weighted by Crippen LogP contribution is -2.00. The van der Waals surface area contributed by atoms with Crippen molar-refractivity contribution in [2.24, 2.45) is 0 Å². The van der Waals surface area contributed by atoms with Gasteiger partial charge in [-0.3, -0.25) is 0 Å². The fraction of sp³-hybridized carbons (Fsp3) is 0.554. The van der Waals surface area contributed by atoms with E-state index < -0.39 is 0 Å². The molecule has 0 aliphatic rings. The Kier molecular flexibility index (Phi) is 69.7. The number of rotatable bonds is 70. The van der Waals surface area contributed by atoms with Gasteiger partial charge >= 0.3 is 0 Å². The van der Waals surface area contributed by atoms with Crippen LogP contribution in [0.3, 0.4) is 0 Å². The molecular weight excluding hydrogens is 1780 g/mol. The van der Waals surface area contributed by atoms with Crippen LogP contribution in [0.1, 0.15) is 628 Å². The van der Waals surface area contributed by atoms with Crippen molar-refractivity contribution >= 4 is 0 Å². The zero-order valence-corrected chi connectivity index (χ0v) is 95.9. The van der Waals surface area contributed by atoms with E-state index in [0.717, 1.165) is 152 Å². The Morgan fingerprint density at radius 2 is 0.236 bits per heavy atom. The van der Waals surface area contributed by atoms with Gasteiger partial charge in [0.1, 0.15) is 0 Å². The van der Waals surface area contributed by atoms with Gasteiger partial charge in [0.2, 0.25) is 0 Å². The molecule has 0 aromatic heterocycles. The van der Waals surface area contributed by atoms with Gasteiger partial charge in [0.05, 0.1) is 0 Å². The third kappa shape index (κ3) is 53.6. The monoisotopic (exact) mass is 1970 g/mol. The highest BCUT2D eigenvalue weighted by atomic mass is 14.2. The summed E-state index contributed by atoms with van der Waals surface area (Å²) in [6.45, 7) is 25.4. The van der Waals surface area contributed by atoms with E-state index in [2.05, 4.69) is 293 Å². The summed E-state index contributed by atoms with van der Waals surface area (Å²) in [6.07, 6.45) is 90.1. The molecule has 0 amide bonds. The van der Waals surface area contributed by atoms with Gasteiger partial charge in [-0.2, -0.15) is 0 Å². The Morgan fingerprint density at radius 3 is 0.392 bits per heavy atom. The first-order chi connectivity index (χ1) is 73.0. The molecule has 7 rings (SSSR count). The van der Waals surface area contributed by atoms with Gasteiger partial charge in [0.25, 0.3) is 0 Å². The highest BCUT2D eigenvalue weighted by molar-refractivity contribution is 5.69. The van der Waals surface area contributed by atoms with Crippen molar-refractivity contribution in [1.29, 1.82) is 0 Å². The lowest BCUT2D eigenvalue weighted by atomic mass is 9.91. The van der Waals surface area contributed by atoms with Crippen LogP contribution in [0.4, 0.5) is 0 Å². The maximum Gasteiger partial charge on any atom is 0.0419 e. The molecule has 0 nitrogen and oxygen atoms in total. The molecule has 0 radical (unpaired) electrons. The molecule has 0 spiro atoms. The van der Waals surface area contributed by atoms with Crippen molar-refractivity contribution in [2.45, 2.75) is 533 Å². The van der Waals surface area contributed by atoms with Gasteiger partial charge < -0.3 is 0 Å². The zero-order valence-electron chi connectivity index (χ0n) is 95.9. The minimum atomic E-state index is 0.776. The van der Waals surface area contributed by atoms with Crippen LogP contribution in [0.2, 0.25) is 0 Å². The molecule has 0 aliphatic carbocycles. The van der Waals surface area contributed by atoms with Gasteiger partial charge in [0, 0.05) is 100 Å². The summed E-state index contributed by atoms with van der Waals surface area (Å²) < 4.78 is 0. The predicted molar refractivity (Wildman–Crippen MR) is 648 cm³/mol. The van der Waals surface area contributed by atoms with Crippen LogP contribution in [-0.2, 0) is 38.5 Å². The normalized spacial score (nSPS) is 10.5. The molecule has 7 aromatic carbocycles. The van der Waals surface area contributed by atoms with Crippen molar-refractivity contribution in [3.63, 3.8) is 0 Å². The van der Waals surface area contributed by atoms with Crippen LogP contribution in [0.5, 0.6) is 0 Å². The van der Waals surface area contributed by atoms with E-state index in [1.807, 2.05) is 41.5 Å². The predicted octanol–water partition coefficient (Wildman–Crippen LogP) is 40.7. The lowest BCUT2D eigenvalue weighted by Gasteiger charge is -2.13. The summed E-state index contributed by atoms with van der Waals surface area (Å²) in [7, 11) is 0. The first kappa shape index (κ1) is 124. The molecular formula is C148H194. The van der Waals surface area contributed by atoms with Crippen LogP contribution in [0.25, 0.3) is 0 Å². The lowest BCUT2D eigenvalue weighted by molar-refractivity contribution is 0.544. The fourth-order valence-corrected chi connectivity index (χ4v) is 20.4. The Morgan fingerprint density at radius 1 is 0.115 bits per heavy atom. The van der Waals surface area contributed by atoms with Crippen molar-refractivity contribution < 1.29 is 0 Å². The Labute approximate surface area is 910 Å². The number of benzene rings is 7. The van der Waals surface area contributed by atoms with E-state index in [4.69, 9.17) is 0 Å². The topological polar surface area (TPSA) is 0 Å². The molecule has 0 atom stereocenters. The van der Waals surface area contributed by atoms with E-state index in [-0.39, 0.29) is 0 Å². The average molecular weight is 1970 g/mol. The first-order valence-electron chi connectivity index (χ1n) is 60.8. The van der Waals surface area contributed by atoms with E-state index in [9.17, 15) is 0 Å². The Bertz CT molecular complexity index is 5460. The summed E-state index contributed by atoms with van der Waals surface area (Å²) in [5, 5.41) is 0. The molecule has 0 bridgehead atoms.